The van der Waals surface area contributed by atoms with Crippen molar-refractivity contribution >= 4 is 29.8 Å². The number of benzene rings is 1. The van der Waals surface area contributed by atoms with Crippen LogP contribution in [0.1, 0.15) is 49.9 Å². The third-order valence-electron chi connectivity index (χ3n) is 3.34. The molecular weight excluding hydrogens is 344 g/mol. The van der Waals surface area contributed by atoms with Gasteiger partial charge in [0.15, 0.2) is 24.6 Å². The summed E-state index contributed by atoms with van der Waals surface area (Å²) in [4.78, 5) is 13.6. The van der Waals surface area contributed by atoms with E-state index in [1.54, 1.807) is 43.8 Å². The van der Waals surface area contributed by atoms with Crippen LogP contribution in [0, 0.1) is 0 Å². The molecule has 136 valence electrons. The van der Waals surface area contributed by atoms with Gasteiger partial charge in [-0.15, -0.1) is 23.5 Å². The summed E-state index contributed by atoms with van der Waals surface area (Å²) in [6.07, 6.45) is 5.39. The van der Waals surface area contributed by atoms with Crippen LogP contribution in [0.4, 0.5) is 0 Å². The number of hydrogen-bond acceptors (Lipinski definition) is 6. The number of aldehydes is 1. The van der Waals surface area contributed by atoms with Crippen molar-refractivity contribution in [2.45, 2.75) is 49.3 Å². The van der Waals surface area contributed by atoms with Gasteiger partial charge in [0.05, 0.1) is 12.0 Å². The van der Waals surface area contributed by atoms with Crippen LogP contribution in [0.15, 0.2) is 15.9 Å². The Morgan fingerprint density at radius 1 is 1.04 bits per heavy atom. The molecule has 0 amide bonds. The van der Waals surface area contributed by atoms with Crippen LogP contribution in [0.5, 0.6) is 11.5 Å². The molecule has 0 aliphatic rings. The number of hydrogen-bond donors (Lipinski definition) is 0. The van der Waals surface area contributed by atoms with E-state index in [0.29, 0.717) is 17.1 Å². The van der Waals surface area contributed by atoms with Crippen LogP contribution in [0.3, 0.4) is 0 Å². The number of unbranched alkanes of at least 4 members (excludes halogenated alkanes) is 2. The van der Waals surface area contributed by atoms with E-state index in [2.05, 4.69) is 13.8 Å². The van der Waals surface area contributed by atoms with Crippen molar-refractivity contribution in [2.24, 2.45) is 0 Å². The predicted molar refractivity (Wildman–Crippen MR) is 102 cm³/mol. The average Bonchev–Trinajstić information content (AvgIpc) is 2.61. The molecule has 0 bridgehead atoms. The lowest BCUT2D eigenvalue weighted by Gasteiger charge is -2.19. The van der Waals surface area contributed by atoms with Gasteiger partial charge in [0, 0.05) is 17.6 Å². The highest BCUT2D eigenvalue weighted by Gasteiger charge is 2.21. The second kappa shape index (κ2) is 12.5. The van der Waals surface area contributed by atoms with Crippen LogP contribution in [0.2, 0.25) is 0 Å². The van der Waals surface area contributed by atoms with Crippen LogP contribution < -0.4 is 9.47 Å². The number of rotatable bonds is 13. The second-order valence-corrected chi connectivity index (χ2v) is 7.44. The van der Waals surface area contributed by atoms with Gasteiger partial charge in [-0.05, 0) is 30.4 Å². The minimum atomic E-state index is 0.150. The standard InChI is InChI=1S/C18H28O4S2/c1-5-7-9-23-17-14(12-19)11-15(21-4)16(22-13-20-3)18(17)24-10-8-6-2/h11-12H,5-10,13H2,1-4H3. The Morgan fingerprint density at radius 3 is 2.17 bits per heavy atom. The van der Waals surface area contributed by atoms with Crippen LogP contribution in [-0.2, 0) is 4.74 Å². The normalized spacial score (nSPS) is 10.7. The van der Waals surface area contributed by atoms with E-state index in [0.717, 1.165) is 53.3 Å². The largest absolute Gasteiger partial charge is 0.493 e. The molecule has 0 fully saturated rings. The van der Waals surface area contributed by atoms with E-state index in [1.807, 2.05) is 0 Å². The average molecular weight is 373 g/mol. The minimum Gasteiger partial charge on any atom is -0.493 e. The zero-order valence-electron chi connectivity index (χ0n) is 15.1. The van der Waals surface area contributed by atoms with E-state index < -0.39 is 0 Å². The van der Waals surface area contributed by atoms with Gasteiger partial charge >= 0.3 is 0 Å². The zero-order valence-corrected chi connectivity index (χ0v) is 16.7. The van der Waals surface area contributed by atoms with Gasteiger partial charge in [-0.3, -0.25) is 4.79 Å². The third kappa shape index (κ3) is 6.22. The Bertz CT molecular complexity index is 506. The van der Waals surface area contributed by atoms with Gasteiger partial charge in [-0.1, -0.05) is 26.7 Å². The number of carbonyl (C=O) groups is 1. The summed E-state index contributed by atoms with van der Waals surface area (Å²) < 4.78 is 16.3. The van der Waals surface area contributed by atoms with Gasteiger partial charge in [-0.2, -0.15) is 0 Å². The van der Waals surface area contributed by atoms with Gasteiger partial charge in [-0.25, -0.2) is 0 Å². The fourth-order valence-electron chi connectivity index (χ4n) is 2.03. The lowest BCUT2D eigenvalue weighted by atomic mass is 10.2. The van der Waals surface area contributed by atoms with Gasteiger partial charge < -0.3 is 14.2 Å². The monoisotopic (exact) mass is 372 g/mol. The molecule has 0 aliphatic heterocycles. The third-order valence-corrected chi connectivity index (χ3v) is 5.86. The lowest BCUT2D eigenvalue weighted by molar-refractivity contribution is 0.0467. The Labute approximate surface area is 154 Å². The molecule has 0 spiro atoms. The van der Waals surface area contributed by atoms with Crippen molar-refractivity contribution in [3.8, 4) is 11.5 Å². The second-order valence-electron chi connectivity index (χ2n) is 5.23. The quantitative estimate of drug-likeness (QED) is 0.203. The highest BCUT2D eigenvalue weighted by molar-refractivity contribution is 8.02. The number of ether oxygens (including phenoxy) is 3. The molecule has 0 atom stereocenters. The predicted octanol–water partition coefficient (Wildman–Crippen LogP) is 5.27. The van der Waals surface area contributed by atoms with Crippen molar-refractivity contribution in [2.75, 3.05) is 32.5 Å². The molecule has 4 nitrogen and oxygen atoms in total. The van der Waals surface area contributed by atoms with Crippen LogP contribution >= 0.6 is 23.5 Å². The van der Waals surface area contributed by atoms with Crippen molar-refractivity contribution in [3.05, 3.63) is 11.6 Å². The SMILES string of the molecule is CCCCSc1c(C=O)cc(OC)c(OCOC)c1SCCCC. The molecular formula is C18H28O4S2. The maximum Gasteiger partial charge on any atom is 0.188 e. The summed E-state index contributed by atoms with van der Waals surface area (Å²) in [6.45, 7) is 4.48. The van der Waals surface area contributed by atoms with Crippen LogP contribution in [-0.4, -0.2) is 38.8 Å². The molecule has 0 unspecified atom stereocenters. The molecule has 0 radical (unpaired) electrons. The van der Waals surface area contributed by atoms with Crippen LogP contribution in [0.25, 0.3) is 0 Å². The topological polar surface area (TPSA) is 44.8 Å². The summed E-state index contributed by atoms with van der Waals surface area (Å²) in [6, 6.07) is 1.76. The van der Waals surface area contributed by atoms with Crippen molar-refractivity contribution in [1.82, 2.24) is 0 Å². The molecule has 6 heteroatoms. The van der Waals surface area contributed by atoms with E-state index in [4.69, 9.17) is 14.2 Å². The first-order valence-corrected chi connectivity index (χ1v) is 10.3. The molecule has 0 aromatic heterocycles. The summed E-state index contributed by atoms with van der Waals surface area (Å²) in [5.41, 5.74) is 0.664. The molecule has 1 aromatic rings. The fraction of sp³-hybridized carbons (Fsp3) is 0.611. The first-order chi connectivity index (χ1) is 11.7. The Morgan fingerprint density at radius 2 is 1.67 bits per heavy atom. The molecule has 1 rings (SSSR count). The van der Waals surface area contributed by atoms with Gasteiger partial charge in [0.2, 0.25) is 0 Å². The molecule has 0 aliphatic carbocycles. The Balaban J connectivity index is 3.28. The zero-order chi connectivity index (χ0) is 17.8. The Kier molecular flexibility index (Phi) is 11.0. The van der Waals surface area contributed by atoms with Gasteiger partial charge in [0.1, 0.15) is 0 Å². The Hall–Kier alpha value is -0.850. The van der Waals surface area contributed by atoms with Crippen molar-refractivity contribution in [1.29, 1.82) is 0 Å². The van der Waals surface area contributed by atoms with Gasteiger partial charge in [0.25, 0.3) is 0 Å². The number of methoxy groups -OCH3 is 2. The fourth-order valence-corrected chi connectivity index (χ4v) is 4.69. The summed E-state index contributed by atoms with van der Waals surface area (Å²) >= 11 is 3.44. The number of carbonyl (C=O) groups excluding carboxylic acids is 1. The summed E-state index contributed by atoms with van der Waals surface area (Å²) in [5, 5.41) is 0. The molecule has 0 saturated heterocycles. The lowest BCUT2D eigenvalue weighted by Crippen LogP contribution is -2.05. The first-order valence-electron chi connectivity index (χ1n) is 8.30. The molecule has 1 aromatic carbocycles. The van der Waals surface area contributed by atoms with E-state index in [-0.39, 0.29) is 6.79 Å². The summed E-state index contributed by atoms with van der Waals surface area (Å²) in [5.74, 6) is 3.21. The smallest absolute Gasteiger partial charge is 0.188 e. The van der Waals surface area contributed by atoms with E-state index in [1.165, 1.54) is 0 Å². The van der Waals surface area contributed by atoms with E-state index >= 15 is 0 Å². The molecule has 0 heterocycles. The van der Waals surface area contributed by atoms with Crippen molar-refractivity contribution < 1.29 is 19.0 Å². The molecule has 0 saturated carbocycles. The maximum absolute atomic E-state index is 11.6. The highest BCUT2D eigenvalue weighted by atomic mass is 32.2. The molecule has 24 heavy (non-hydrogen) atoms. The maximum atomic E-state index is 11.6. The van der Waals surface area contributed by atoms with Crippen molar-refractivity contribution in [3.63, 3.8) is 0 Å². The molecule has 0 N–H and O–H groups in total. The summed E-state index contributed by atoms with van der Waals surface area (Å²) in [7, 11) is 3.18. The van der Waals surface area contributed by atoms with E-state index in [9.17, 15) is 4.79 Å². The highest BCUT2D eigenvalue weighted by Crippen LogP contribution is 2.46. The first kappa shape index (κ1) is 21.2. The minimum absolute atomic E-state index is 0.150. The number of thioether (sulfide) groups is 2.